The number of benzene rings is 1. The van der Waals surface area contributed by atoms with E-state index in [1.54, 1.807) is 6.92 Å². The number of carbonyl (C=O) groups excluding carboxylic acids is 2. The topological polar surface area (TPSA) is 73.5 Å². The molecule has 154 valence electrons. The lowest BCUT2D eigenvalue weighted by atomic mass is 9.85. The summed E-state index contributed by atoms with van der Waals surface area (Å²) in [6.07, 6.45) is 5.25. The summed E-state index contributed by atoms with van der Waals surface area (Å²) in [5.74, 6) is 0.627. The number of hydrogen-bond acceptors (Lipinski definition) is 4. The van der Waals surface area contributed by atoms with E-state index in [9.17, 15) is 9.59 Å². The molecule has 1 aromatic carbocycles. The van der Waals surface area contributed by atoms with Crippen LogP contribution in [0.5, 0.6) is 0 Å². The molecule has 2 heterocycles. The summed E-state index contributed by atoms with van der Waals surface area (Å²) in [6.45, 7) is 8.07. The lowest BCUT2D eigenvalue weighted by Gasteiger charge is -2.28. The van der Waals surface area contributed by atoms with Crippen LogP contribution in [0.4, 0.5) is 11.4 Å². The maximum Gasteiger partial charge on any atom is 0.246 e. The number of anilines is 2. The molecule has 3 atom stereocenters. The Morgan fingerprint density at radius 1 is 1.21 bits per heavy atom. The largest absolute Gasteiger partial charge is 0.371 e. The molecule has 0 aromatic heterocycles. The van der Waals surface area contributed by atoms with E-state index in [-0.39, 0.29) is 11.8 Å². The molecule has 0 radical (unpaired) electrons. The molecule has 6 heteroatoms. The fourth-order valence-electron chi connectivity index (χ4n) is 4.20. The molecule has 1 aromatic rings. The van der Waals surface area contributed by atoms with Crippen molar-refractivity contribution in [2.24, 2.45) is 11.8 Å². The molecular formula is C22H34N4O2. The Labute approximate surface area is 168 Å². The van der Waals surface area contributed by atoms with E-state index in [4.69, 9.17) is 0 Å². The molecule has 3 unspecified atom stereocenters. The minimum Gasteiger partial charge on any atom is -0.371 e. The number of hydrogen-bond donors (Lipinski definition) is 3. The Morgan fingerprint density at radius 3 is 2.71 bits per heavy atom. The van der Waals surface area contributed by atoms with Gasteiger partial charge >= 0.3 is 0 Å². The Kier molecular flexibility index (Phi) is 7.31. The summed E-state index contributed by atoms with van der Waals surface area (Å²) in [5.41, 5.74) is 1.92. The van der Waals surface area contributed by atoms with Gasteiger partial charge < -0.3 is 20.9 Å². The number of nitrogens with one attached hydrogen (secondary N) is 3. The average molecular weight is 387 g/mol. The Balaban J connectivity index is 1.47. The van der Waals surface area contributed by atoms with Crippen molar-refractivity contribution in [1.29, 1.82) is 0 Å². The molecule has 6 nitrogen and oxygen atoms in total. The highest BCUT2D eigenvalue weighted by Crippen LogP contribution is 2.24. The zero-order valence-corrected chi connectivity index (χ0v) is 17.2. The molecule has 0 spiro atoms. The van der Waals surface area contributed by atoms with Gasteiger partial charge in [0.1, 0.15) is 6.04 Å². The molecule has 3 N–H and O–H groups in total. The van der Waals surface area contributed by atoms with Crippen molar-refractivity contribution in [2.75, 3.05) is 36.4 Å². The highest BCUT2D eigenvalue weighted by molar-refractivity contribution is 5.97. The first kappa shape index (κ1) is 20.6. The molecule has 2 aliphatic heterocycles. The molecule has 3 rings (SSSR count). The van der Waals surface area contributed by atoms with Crippen LogP contribution < -0.4 is 20.9 Å². The van der Waals surface area contributed by atoms with Gasteiger partial charge in [0.2, 0.25) is 11.8 Å². The first-order chi connectivity index (χ1) is 13.5. The molecule has 28 heavy (non-hydrogen) atoms. The lowest BCUT2D eigenvalue weighted by Crippen LogP contribution is -2.43. The van der Waals surface area contributed by atoms with Crippen LogP contribution in [0.2, 0.25) is 0 Å². The number of carbonyl (C=O) groups is 2. The molecule has 0 aliphatic carbocycles. The van der Waals surface area contributed by atoms with Gasteiger partial charge in [0, 0.05) is 30.9 Å². The van der Waals surface area contributed by atoms with Crippen LogP contribution in [0.15, 0.2) is 24.3 Å². The third-order valence-corrected chi connectivity index (χ3v) is 6.00. The summed E-state index contributed by atoms with van der Waals surface area (Å²) >= 11 is 0. The maximum absolute atomic E-state index is 12.5. The van der Waals surface area contributed by atoms with E-state index in [1.807, 2.05) is 18.2 Å². The molecule has 2 saturated heterocycles. The monoisotopic (exact) mass is 386 g/mol. The van der Waals surface area contributed by atoms with Crippen LogP contribution in [-0.4, -0.2) is 44.0 Å². The smallest absolute Gasteiger partial charge is 0.246 e. The molecule has 0 saturated carbocycles. The Hall–Kier alpha value is -2.08. The van der Waals surface area contributed by atoms with E-state index in [1.165, 1.54) is 25.7 Å². The number of piperidine rings is 1. The summed E-state index contributed by atoms with van der Waals surface area (Å²) < 4.78 is 0. The maximum atomic E-state index is 12.5. The van der Waals surface area contributed by atoms with E-state index in [2.05, 4.69) is 33.8 Å². The van der Waals surface area contributed by atoms with Crippen molar-refractivity contribution in [3.8, 4) is 0 Å². The standard InChI is InChI=1S/C22H34N4O2/c1-16(18-7-6-10-23-15-18)13-21(27)24-17(2)22(28)25-19-8-5-9-20(14-19)26-11-3-4-12-26/h5,8-9,14,16-18,23H,3-4,6-7,10-13,15H2,1-2H3,(H,24,27)(H,25,28). The van der Waals surface area contributed by atoms with Crippen LogP contribution in [-0.2, 0) is 9.59 Å². The van der Waals surface area contributed by atoms with Crippen molar-refractivity contribution >= 4 is 23.2 Å². The summed E-state index contributed by atoms with van der Waals surface area (Å²) in [7, 11) is 0. The van der Waals surface area contributed by atoms with E-state index >= 15 is 0 Å². The highest BCUT2D eigenvalue weighted by Gasteiger charge is 2.24. The minimum atomic E-state index is -0.556. The first-order valence-corrected chi connectivity index (χ1v) is 10.7. The summed E-state index contributed by atoms with van der Waals surface area (Å²) in [4.78, 5) is 27.2. The average Bonchev–Trinajstić information content (AvgIpc) is 3.23. The quantitative estimate of drug-likeness (QED) is 0.674. The van der Waals surface area contributed by atoms with Gasteiger partial charge in [0.15, 0.2) is 0 Å². The van der Waals surface area contributed by atoms with Crippen molar-refractivity contribution in [3.05, 3.63) is 24.3 Å². The van der Waals surface area contributed by atoms with Gasteiger partial charge in [-0.15, -0.1) is 0 Å². The summed E-state index contributed by atoms with van der Waals surface area (Å²) in [5, 5.41) is 9.20. The van der Waals surface area contributed by atoms with Crippen LogP contribution in [0, 0.1) is 11.8 Å². The Morgan fingerprint density at radius 2 is 2.00 bits per heavy atom. The third kappa shape index (κ3) is 5.71. The van der Waals surface area contributed by atoms with Crippen LogP contribution >= 0.6 is 0 Å². The normalized spacial score (nSPS) is 21.8. The fourth-order valence-corrected chi connectivity index (χ4v) is 4.20. The van der Waals surface area contributed by atoms with Gasteiger partial charge in [-0.25, -0.2) is 0 Å². The van der Waals surface area contributed by atoms with Crippen molar-refractivity contribution in [3.63, 3.8) is 0 Å². The van der Waals surface area contributed by atoms with Gasteiger partial charge in [-0.1, -0.05) is 13.0 Å². The Bertz CT molecular complexity index is 666. The molecule has 2 fully saturated rings. The van der Waals surface area contributed by atoms with Crippen LogP contribution in [0.1, 0.15) is 46.0 Å². The van der Waals surface area contributed by atoms with E-state index in [0.717, 1.165) is 37.6 Å². The van der Waals surface area contributed by atoms with Crippen molar-refractivity contribution in [1.82, 2.24) is 10.6 Å². The van der Waals surface area contributed by atoms with Gasteiger partial charge in [-0.2, -0.15) is 0 Å². The predicted octanol–water partition coefficient (Wildman–Crippen LogP) is 2.76. The summed E-state index contributed by atoms with van der Waals surface area (Å²) in [6, 6.07) is 7.39. The van der Waals surface area contributed by atoms with Crippen molar-refractivity contribution in [2.45, 2.75) is 52.0 Å². The van der Waals surface area contributed by atoms with Gasteiger partial charge in [-0.05, 0) is 75.7 Å². The number of nitrogens with zero attached hydrogens (tertiary/aromatic N) is 1. The minimum absolute atomic E-state index is 0.0495. The van der Waals surface area contributed by atoms with Crippen LogP contribution in [0.3, 0.4) is 0 Å². The number of rotatable bonds is 7. The molecule has 0 bridgehead atoms. The van der Waals surface area contributed by atoms with E-state index in [0.29, 0.717) is 18.3 Å². The number of amides is 2. The van der Waals surface area contributed by atoms with Gasteiger partial charge in [-0.3, -0.25) is 9.59 Å². The van der Waals surface area contributed by atoms with E-state index < -0.39 is 6.04 Å². The lowest BCUT2D eigenvalue weighted by molar-refractivity contribution is -0.127. The third-order valence-electron chi connectivity index (χ3n) is 6.00. The highest BCUT2D eigenvalue weighted by atomic mass is 16.2. The van der Waals surface area contributed by atoms with Crippen LogP contribution in [0.25, 0.3) is 0 Å². The molecular weight excluding hydrogens is 352 g/mol. The second kappa shape index (κ2) is 9.92. The predicted molar refractivity (Wildman–Crippen MR) is 113 cm³/mol. The second-order valence-corrected chi connectivity index (χ2v) is 8.31. The van der Waals surface area contributed by atoms with Gasteiger partial charge in [0.05, 0.1) is 0 Å². The zero-order chi connectivity index (χ0) is 19.9. The first-order valence-electron chi connectivity index (χ1n) is 10.7. The second-order valence-electron chi connectivity index (χ2n) is 8.31. The SMILES string of the molecule is CC(NC(=O)CC(C)C1CCCNC1)C(=O)Nc1cccc(N2CCCC2)c1. The van der Waals surface area contributed by atoms with Crippen molar-refractivity contribution < 1.29 is 9.59 Å². The van der Waals surface area contributed by atoms with Gasteiger partial charge in [0.25, 0.3) is 0 Å². The molecule has 2 amide bonds. The zero-order valence-electron chi connectivity index (χ0n) is 17.2. The molecule has 2 aliphatic rings. The fraction of sp³-hybridized carbons (Fsp3) is 0.636.